The van der Waals surface area contributed by atoms with Crippen LogP contribution in [0.5, 0.6) is 0 Å². The fourth-order valence-corrected chi connectivity index (χ4v) is 2.98. The van der Waals surface area contributed by atoms with Crippen molar-refractivity contribution in [3.63, 3.8) is 0 Å². The van der Waals surface area contributed by atoms with E-state index < -0.39 is 0 Å². The molecule has 0 aliphatic rings. The standard InChI is InChI=1S/C18H37BrO/c1-2-3-4-5-6-7-8-9-10-11-12-13-14-15-16-18(19)17-20/h18,20H,2-17H2,1H3/t18-/m0/s1. The minimum atomic E-state index is 0.276. The molecule has 1 atom stereocenters. The molecule has 0 saturated carbocycles. The molecule has 0 rings (SSSR count). The van der Waals surface area contributed by atoms with E-state index in [1.54, 1.807) is 0 Å². The number of alkyl halides is 1. The lowest BCUT2D eigenvalue weighted by molar-refractivity contribution is 0.290. The summed E-state index contributed by atoms with van der Waals surface area (Å²) in [4.78, 5) is 0.319. The zero-order valence-electron chi connectivity index (χ0n) is 13.7. The van der Waals surface area contributed by atoms with Crippen molar-refractivity contribution in [2.45, 2.75) is 108 Å². The van der Waals surface area contributed by atoms with Crippen molar-refractivity contribution in [3.8, 4) is 0 Å². The van der Waals surface area contributed by atoms with Crippen molar-refractivity contribution in [2.75, 3.05) is 6.61 Å². The second-order valence-electron chi connectivity index (χ2n) is 6.16. The van der Waals surface area contributed by atoms with Crippen molar-refractivity contribution < 1.29 is 5.11 Å². The molecule has 2 heteroatoms. The van der Waals surface area contributed by atoms with Gasteiger partial charge in [0.1, 0.15) is 0 Å². The summed E-state index contributed by atoms with van der Waals surface area (Å²) >= 11 is 3.46. The molecule has 0 aromatic carbocycles. The largest absolute Gasteiger partial charge is 0.395 e. The number of hydrogen-bond donors (Lipinski definition) is 1. The van der Waals surface area contributed by atoms with Gasteiger partial charge in [-0.2, -0.15) is 0 Å². The molecule has 0 spiro atoms. The van der Waals surface area contributed by atoms with Gasteiger partial charge in [-0.3, -0.25) is 0 Å². The van der Waals surface area contributed by atoms with E-state index in [1.165, 1.54) is 89.9 Å². The fraction of sp³-hybridized carbons (Fsp3) is 1.00. The monoisotopic (exact) mass is 348 g/mol. The highest BCUT2D eigenvalue weighted by atomic mass is 79.9. The van der Waals surface area contributed by atoms with E-state index in [0.29, 0.717) is 4.83 Å². The van der Waals surface area contributed by atoms with Gasteiger partial charge >= 0.3 is 0 Å². The first-order valence-corrected chi connectivity index (χ1v) is 9.97. The van der Waals surface area contributed by atoms with Crippen LogP contribution in [-0.2, 0) is 0 Å². The summed E-state index contributed by atoms with van der Waals surface area (Å²) in [5.74, 6) is 0. The highest BCUT2D eigenvalue weighted by Gasteiger charge is 2.00. The van der Waals surface area contributed by atoms with Gasteiger partial charge < -0.3 is 5.11 Å². The van der Waals surface area contributed by atoms with Gasteiger partial charge in [-0.05, 0) is 6.42 Å². The SMILES string of the molecule is CCCCCCCCCCCCCCCC[C@H](Br)CO. The molecule has 1 nitrogen and oxygen atoms in total. The summed E-state index contributed by atoms with van der Waals surface area (Å²) in [5.41, 5.74) is 0. The number of unbranched alkanes of at least 4 members (excludes halogenated alkanes) is 13. The summed E-state index contributed by atoms with van der Waals surface area (Å²) < 4.78 is 0. The summed E-state index contributed by atoms with van der Waals surface area (Å²) in [7, 11) is 0. The predicted molar refractivity (Wildman–Crippen MR) is 94.7 cm³/mol. The maximum Gasteiger partial charge on any atom is 0.0556 e. The minimum Gasteiger partial charge on any atom is -0.395 e. The average Bonchev–Trinajstić information content (AvgIpc) is 2.47. The Morgan fingerprint density at radius 2 is 1.00 bits per heavy atom. The van der Waals surface area contributed by atoms with Gasteiger partial charge in [-0.25, -0.2) is 0 Å². The number of halogens is 1. The number of aliphatic hydroxyl groups is 1. The molecular weight excluding hydrogens is 312 g/mol. The van der Waals surface area contributed by atoms with E-state index in [-0.39, 0.29) is 6.61 Å². The zero-order valence-corrected chi connectivity index (χ0v) is 15.3. The van der Waals surface area contributed by atoms with Crippen molar-refractivity contribution >= 4 is 15.9 Å². The van der Waals surface area contributed by atoms with Crippen LogP contribution in [0.3, 0.4) is 0 Å². The lowest BCUT2D eigenvalue weighted by Crippen LogP contribution is -2.02. The zero-order chi connectivity index (χ0) is 14.9. The summed E-state index contributed by atoms with van der Waals surface area (Å²) in [6.45, 7) is 2.56. The Morgan fingerprint density at radius 1 is 0.650 bits per heavy atom. The molecule has 0 aromatic rings. The van der Waals surface area contributed by atoms with Gasteiger partial charge in [0.15, 0.2) is 0 Å². The molecule has 0 bridgehead atoms. The average molecular weight is 349 g/mol. The maximum atomic E-state index is 8.89. The normalized spacial score (nSPS) is 12.8. The molecule has 0 radical (unpaired) electrons. The molecule has 0 unspecified atom stereocenters. The van der Waals surface area contributed by atoms with Crippen LogP contribution in [0.1, 0.15) is 103 Å². The lowest BCUT2D eigenvalue weighted by Gasteiger charge is -2.05. The highest BCUT2D eigenvalue weighted by molar-refractivity contribution is 9.09. The molecule has 122 valence electrons. The van der Waals surface area contributed by atoms with E-state index in [4.69, 9.17) is 5.11 Å². The summed E-state index contributed by atoms with van der Waals surface area (Å²) in [6.07, 6.45) is 20.8. The molecule has 0 saturated heterocycles. The van der Waals surface area contributed by atoms with Crippen molar-refractivity contribution in [3.05, 3.63) is 0 Å². The summed E-state index contributed by atoms with van der Waals surface area (Å²) in [5, 5.41) is 8.89. The van der Waals surface area contributed by atoms with E-state index >= 15 is 0 Å². The Kier molecular flexibility index (Phi) is 17.9. The van der Waals surface area contributed by atoms with Crippen LogP contribution >= 0.6 is 15.9 Å². The van der Waals surface area contributed by atoms with E-state index in [2.05, 4.69) is 22.9 Å². The number of hydrogen-bond acceptors (Lipinski definition) is 1. The molecule has 20 heavy (non-hydrogen) atoms. The predicted octanol–water partition coefficient (Wildman–Crippen LogP) is 6.61. The Hall–Kier alpha value is 0.440. The number of rotatable bonds is 16. The molecule has 0 heterocycles. The Balaban J connectivity index is 2.96. The van der Waals surface area contributed by atoms with Crippen LogP contribution in [0.15, 0.2) is 0 Å². The van der Waals surface area contributed by atoms with Crippen molar-refractivity contribution in [1.29, 1.82) is 0 Å². The smallest absolute Gasteiger partial charge is 0.0556 e. The molecule has 0 amide bonds. The van der Waals surface area contributed by atoms with Crippen LogP contribution in [0, 0.1) is 0 Å². The van der Waals surface area contributed by atoms with Crippen LogP contribution in [0.25, 0.3) is 0 Å². The minimum absolute atomic E-state index is 0.276. The van der Waals surface area contributed by atoms with Crippen LogP contribution in [0.2, 0.25) is 0 Å². The Bertz CT molecular complexity index is 173. The first kappa shape index (κ1) is 20.4. The molecule has 0 fully saturated rings. The van der Waals surface area contributed by atoms with Crippen LogP contribution < -0.4 is 0 Å². The molecule has 1 N–H and O–H groups in total. The second-order valence-corrected chi connectivity index (χ2v) is 7.46. The van der Waals surface area contributed by atoms with Crippen LogP contribution in [0.4, 0.5) is 0 Å². The van der Waals surface area contributed by atoms with Gasteiger partial charge in [0.05, 0.1) is 6.61 Å². The highest BCUT2D eigenvalue weighted by Crippen LogP contribution is 2.15. The maximum absolute atomic E-state index is 8.89. The third-order valence-corrected chi connectivity index (χ3v) is 4.82. The second kappa shape index (κ2) is 17.5. The van der Waals surface area contributed by atoms with Gasteiger partial charge in [0.2, 0.25) is 0 Å². The molecule has 0 aliphatic heterocycles. The molecule has 0 aromatic heterocycles. The number of aliphatic hydroxyl groups excluding tert-OH is 1. The van der Waals surface area contributed by atoms with E-state index in [0.717, 1.165) is 6.42 Å². The first-order chi connectivity index (χ1) is 9.81. The summed E-state index contributed by atoms with van der Waals surface area (Å²) in [6, 6.07) is 0. The van der Waals surface area contributed by atoms with Crippen molar-refractivity contribution in [1.82, 2.24) is 0 Å². The third kappa shape index (κ3) is 16.5. The Morgan fingerprint density at radius 3 is 1.35 bits per heavy atom. The van der Waals surface area contributed by atoms with E-state index in [9.17, 15) is 0 Å². The molecular formula is C18H37BrO. The quantitative estimate of drug-likeness (QED) is 0.245. The fourth-order valence-electron chi connectivity index (χ4n) is 2.65. The topological polar surface area (TPSA) is 20.2 Å². The third-order valence-electron chi connectivity index (χ3n) is 4.07. The Labute approximate surface area is 136 Å². The molecule has 0 aliphatic carbocycles. The van der Waals surface area contributed by atoms with E-state index in [1.807, 2.05) is 0 Å². The van der Waals surface area contributed by atoms with Gasteiger partial charge in [0, 0.05) is 4.83 Å². The van der Waals surface area contributed by atoms with Crippen molar-refractivity contribution in [2.24, 2.45) is 0 Å². The van der Waals surface area contributed by atoms with Gasteiger partial charge in [-0.15, -0.1) is 0 Å². The van der Waals surface area contributed by atoms with Gasteiger partial charge in [0.25, 0.3) is 0 Å². The van der Waals surface area contributed by atoms with Gasteiger partial charge in [-0.1, -0.05) is 113 Å². The van der Waals surface area contributed by atoms with Crippen LogP contribution in [-0.4, -0.2) is 16.5 Å². The lowest BCUT2D eigenvalue weighted by atomic mass is 10.0. The first-order valence-electron chi connectivity index (χ1n) is 9.06.